The first-order chi connectivity index (χ1) is 7.63. The quantitative estimate of drug-likeness (QED) is 0.277. The zero-order valence-corrected chi connectivity index (χ0v) is 9.03. The highest BCUT2D eigenvalue weighted by atomic mass is 16.5. The molecule has 0 aromatic heterocycles. The van der Waals surface area contributed by atoms with Crippen LogP contribution in [0.3, 0.4) is 0 Å². The number of rotatable bonds is 10. The van der Waals surface area contributed by atoms with Crippen molar-refractivity contribution in [2.24, 2.45) is 0 Å². The van der Waals surface area contributed by atoms with E-state index in [0.717, 1.165) is 0 Å². The fourth-order valence-electron chi connectivity index (χ4n) is 0.851. The Morgan fingerprint density at radius 2 is 1.31 bits per heavy atom. The highest BCUT2D eigenvalue weighted by Gasteiger charge is 2.11. The summed E-state index contributed by atoms with van der Waals surface area (Å²) >= 11 is 0. The highest BCUT2D eigenvalue weighted by molar-refractivity contribution is 4.58. The lowest BCUT2D eigenvalue weighted by Crippen LogP contribution is -2.30. The molecular formula is C9H20O7. The first kappa shape index (κ1) is 15.7. The van der Waals surface area contributed by atoms with Crippen molar-refractivity contribution in [1.82, 2.24) is 0 Å². The molecule has 7 nitrogen and oxygen atoms in total. The van der Waals surface area contributed by atoms with Crippen LogP contribution in [-0.4, -0.2) is 83.5 Å². The SMILES string of the molecule is OCC(O)COCC(O)COC(CO)CO. The molecule has 98 valence electrons. The summed E-state index contributed by atoms with van der Waals surface area (Å²) in [5.74, 6) is 0. The van der Waals surface area contributed by atoms with Crippen LogP contribution in [0, 0.1) is 0 Å². The fourth-order valence-corrected chi connectivity index (χ4v) is 0.851. The van der Waals surface area contributed by atoms with Crippen molar-refractivity contribution in [2.75, 3.05) is 39.6 Å². The maximum Gasteiger partial charge on any atom is 0.104 e. The number of aliphatic hydroxyl groups is 5. The molecule has 0 radical (unpaired) electrons. The maximum atomic E-state index is 9.32. The van der Waals surface area contributed by atoms with Crippen LogP contribution in [0.2, 0.25) is 0 Å². The standard InChI is InChI=1S/C9H20O7/c10-1-7(13)4-15-5-8(14)6-16-9(2-11)3-12/h7-14H,1-6H2. The van der Waals surface area contributed by atoms with Gasteiger partial charge < -0.3 is 35.0 Å². The second-order valence-electron chi connectivity index (χ2n) is 3.35. The number of aliphatic hydroxyl groups excluding tert-OH is 5. The predicted molar refractivity (Wildman–Crippen MR) is 53.8 cm³/mol. The van der Waals surface area contributed by atoms with Crippen molar-refractivity contribution in [2.45, 2.75) is 18.3 Å². The monoisotopic (exact) mass is 240 g/mol. The van der Waals surface area contributed by atoms with E-state index in [4.69, 9.17) is 29.9 Å². The molecule has 0 aromatic carbocycles. The van der Waals surface area contributed by atoms with Crippen LogP contribution in [0.15, 0.2) is 0 Å². The molecular weight excluding hydrogens is 220 g/mol. The van der Waals surface area contributed by atoms with E-state index in [9.17, 15) is 5.11 Å². The van der Waals surface area contributed by atoms with E-state index in [-0.39, 0.29) is 33.0 Å². The van der Waals surface area contributed by atoms with Crippen molar-refractivity contribution in [3.8, 4) is 0 Å². The van der Waals surface area contributed by atoms with Gasteiger partial charge in [-0.15, -0.1) is 0 Å². The van der Waals surface area contributed by atoms with Gasteiger partial charge in [0.1, 0.15) is 18.3 Å². The molecule has 0 amide bonds. The fraction of sp³-hybridized carbons (Fsp3) is 1.00. The van der Waals surface area contributed by atoms with Crippen LogP contribution in [0.25, 0.3) is 0 Å². The van der Waals surface area contributed by atoms with Gasteiger partial charge in [0, 0.05) is 0 Å². The normalized spacial score (nSPS) is 15.4. The minimum absolute atomic E-state index is 0.0549. The smallest absolute Gasteiger partial charge is 0.104 e. The highest BCUT2D eigenvalue weighted by Crippen LogP contribution is 1.94. The molecule has 2 atom stereocenters. The minimum atomic E-state index is -0.962. The van der Waals surface area contributed by atoms with Gasteiger partial charge in [-0.3, -0.25) is 0 Å². The van der Waals surface area contributed by atoms with Crippen molar-refractivity contribution >= 4 is 0 Å². The van der Waals surface area contributed by atoms with Gasteiger partial charge in [-0.05, 0) is 0 Å². The Morgan fingerprint density at radius 3 is 1.81 bits per heavy atom. The maximum absolute atomic E-state index is 9.32. The summed E-state index contributed by atoms with van der Waals surface area (Å²) in [6.07, 6.45) is -2.58. The lowest BCUT2D eigenvalue weighted by Gasteiger charge is -2.16. The third kappa shape index (κ3) is 7.94. The van der Waals surface area contributed by atoms with Crippen molar-refractivity contribution < 1.29 is 35.0 Å². The van der Waals surface area contributed by atoms with Crippen LogP contribution in [-0.2, 0) is 9.47 Å². The summed E-state index contributed by atoms with van der Waals surface area (Å²) in [6, 6.07) is 0. The minimum Gasteiger partial charge on any atom is -0.394 e. The lowest BCUT2D eigenvalue weighted by molar-refractivity contribution is -0.0810. The van der Waals surface area contributed by atoms with Crippen LogP contribution < -0.4 is 0 Å². The molecule has 0 aliphatic heterocycles. The average Bonchev–Trinajstić information content (AvgIpc) is 2.30. The topological polar surface area (TPSA) is 120 Å². The van der Waals surface area contributed by atoms with E-state index < -0.39 is 24.9 Å². The van der Waals surface area contributed by atoms with Gasteiger partial charge in [0.25, 0.3) is 0 Å². The largest absolute Gasteiger partial charge is 0.394 e. The molecule has 0 bridgehead atoms. The zero-order valence-electron chi connectivity index (χ0n) is 9.03. The lowest BCUT2D eigenvalue weighted by atomic mass is 10.3. The molecule has 0 aliphatic rings. The van der Waals surface area contributed by atoms with E-state index >= 15 is 0 Å². The molecule has 5 N–H and O–H groups in total. The Morgan fingerprint density at radius 1 is 0.750 bits per heavy atom. The molecule has 0 aromatic rings. The van der Waals surface area contributed by atoms with Gasteiger partial charge in [0.05, 0.1) is 39.6 Å². The summed E-state index contributed by atoms with van der Waals surface area (Å²) in [5, 5.41) is 44.0. The van der Waals surface area contributed by atoms with Gasteiger partial charge >= 0.3 is 0 Å². The van der Waals surface area contributed by atoms with Crippen molar-refractivity contribution in [3.63, 3.8) is 0 Å². The molecule has 7 heteroatoms. The summed E-state index contributed by atoms with van der Waals surface area (Å²) < 4.78 is 9.83. The summed E-state index contributed by atoms with van der Waals surface area (Å²) in [5.41, 5.74) is 0. The molecule has 0 aliphatic carbocycles. The summed E-state index contributed by atoms with van der Waals surface area (Å²) in [6.45, 7) is -1.26. The first-order valence-electron chi connectivity index (χ1n) is 5.02. The molecule has 0 rings (SSSR count). The molecule has 0 heterocycles. The van der Waals surface area contributed by atoms with Gasteiger partial charge in [0.2, 0.25) is 0 Å². The Labute approximate surface area is 93.9 Å². The van der Waals surface area contributed by atoms with Gasteiger partial charge in [-0.25, -0.2) is 0 Å². The predicted octanol–water partition coefficient (Wildman–Crippen LogP) is -2.91. The number of hydrogen-bond donors (Lipinski definition) is 5. The van der Waals surface area contributed by atoms with Crippen LogP contribution in [0.5, 0.6) is 0 Å². The van der Waals surface area contributed by atoms with E-state index in [1.807, 2.05) is 0 Å². The third-order valence-electron chi connectivity index (χ3n) is 1.76. The van der Waals surface area contributed by atoms with Crippen LogP contribution >= 0.6 is 0 Å². The Kier molecular flexibility index (Phi) is 9.74. The number of hydrogen-bond acceptors (Lipinski definition) is 7. The molecule has 0 saturated carbocycles. The van der Waals surface area contributed by atoms with E-state index in [0.29, 0.717) is 0 Å². The Bertz CT molecular complexity index is 151. The molecule has 0 fully saturated rings. The second kappa shape index (κ2) is 9.91. The van der Waals surface area contributed by atoms with E-state index in [1.165, 1.54) is 0 Å². The van der Waals surface area contributed by atoms with Crippen molar-refractivity contribution in [3.05, 3.63) is 0 Å². The molecule has 0 saturated heterocycles. The Hall–Kier alpha value is -0.280. The van der Waals surface area contributed by atoms with Crippen molar-refractivity contribution in [1.29, 1.82) is 0 Å². The summed E-state index contributed by atoms with van der Waals surface area (Å²) in [4.78, 5) is 0. The second-order valence-corrected chi connectivity index (χ2v) is 3.35. The summed E-state index contributed by atoms with van der Waals surface area (Å²) in [7, 11) is 0. The molecule has 2 unspecified atom stereocenters. The van der Waals surface area contributed by atoms with E-state index in [1.54, 1.807) is 0 Å². The van der Waals surface area contributed by atoms with E-state index in [2.05, 4.69) is 0 Å². The third-order valence-corrected chi connectivity index (χ3v) is 1.76. The average molecular weight is 240 g/mol. The molecule has 0 spiro atoms. The van der Waals surface area contributed by atoms with Gasteiger partial charge in [0.15, 0.2) is 0 Å². The zero-order chi connectivity index (χ0) is 12.4. The first-order valence-corrected chi connectivity index (χ1v) is 5.02. The Balaban J connectivity index is 3.47. The van der Waals surface area contributed by atoms with Crippen LogP contribution in [0.1, 0.15) is 0 Å². The van der Waals surface area contributed by atoms with Gasteiger partial charge in [-0.1, -0.05) is 0 Å². The number of ether oxygens (including phenoxy) is 2. The molecule has 16 heavy (non-hydrogen) atoms. The van der Waals surface area contributed by atoms with Crippen LogP contribution in [0.4, 0.5) is 0 Å². The van der Waals surface area contributed by atoms with Gasteiger partial charge in [-0.2, -0.15) is 0 Å².